The van der Waals surface area contributed by atoms with Gasteiger partial charge in [0.1, 0.15) is 5.82 Å². The lowest BCUT2D eigenvalue weighted by atomic mass is 10.2. The van der Waals surface area contributed by atoms with Crippen LogP contribution in [0.15, 0.2) is 67.1 Å². The van der Waals surface area contributed by atoms with Crippen molar-refractivity contribution in [3.8, 4) is 0 Å². The minimum absolute atomic E-state index is 0.255. The number of rotatable bonds is 6. The van der Waals surface area contributed by atoms with Gasteiger partial charge >= 0.3 is 6.03 Å². The number of urea groups is 1. The van der Waals surface area contributed by atoms with E-state index >= 15 is 0 Å². The van der Waals surface area contributed by atoms with E-state index in [0.29, 0.717) is 29.3 Å². The molecule has 0 unspecified atom stereocenters. The Bertz CT molecular complexity index is 991. The van der Waals surface area contributed by atoms with E-state index in [1.165, 1.54) is 0 Å². The number of anilines is 3. The molecular weight excluding hydrogens is 368 g/mol. The number of nitrogens with zero attached hydrogens (tertiary/aromatic N) is 3. The Labute approximate surface area is 169 Å². The van der Waals surface area contributed by atoms with Gasteiger partial charge in [0, 0.05) is 56.2 Å². The monoisotopic (exact) mass is 390 g/mol. The number of pyridine rings is 2. The number of carbonyl (C=O) groups excluding carboxylic acids is 2. The minimum Gasteiger partial charge on any atom is -0.363 e. The molecule has 0 aliphatic rings. The second-order valence-corrected chi connectivity index (χ2v) is 6.50. The molecule has 0 radical (unpaired) electrons. The molecule has 0 bridgehead atoms. The van der Waals surface area contributed by atoms with Gasteiger partial charge in [0.25, 0.3) is 5.91 Å². The van der Waals surface area contributed by atoms with Crippen LogP contribution < -0.4 is 20.9 Å². The molecule has 8 nitrogen and oxygen atoms in total. The van der Waals surface area contributed by atoms with E-state index in [0.717, 1.165) is 5.56 Å². The highest BCUT2D eigenvalue weighted by Crippen LogP contribution is 2.17. The predicted octanol–water partition coefficient (Wildman–Crippen LogP) is 3.12. The molecule has 3 rings (SSSR count). The summed E-state index contributed by atoms with van der Waals surface area (Å²) in [5, 5.41) is 8.36. The number of hydrogen-bond acceptors (Lipinski definition) is 5. The number of hydrogen-bond donors (Lipinski definition) is 3. The van der Waals surface area contributed by atoms with Crippen molar-refractivity contribution >= 4 is 29.1 Å². The number of amides is 3. The summed E-state index contributed by atoms with van der Waals surface area (Å²) >= 11 is 0. The Morgan fingerprint density at radius 3 is 2.38 bits per heavy atom. The van der Waals surface area contributed by atoms with E-state index in [9.17, 15) is 9.59 Å². The average Bonchev–Trinajstić information content (AvgIpc) is 2.73. The number of benzene rings is 1. The van der Waals surface area contributed by atoms with Crippen molar-refractivity contribution in [1.29, 1.82) is 0 Å². The smallest absolute Gasteiger partial charge is 0.319 e. The molecule has 0 spiro atoms. The largest absolute Gasteiger partial charge is 0.363 e. The zero-order valence-corrected chi connectivity index (χ0v) is 16.2. The van der Waals surface area contributed by atoms with E-state index in [1.54, 1.807) is 55.0 Å². The Morgan fingerprint density at radius 2 is 1.66 bits per heavy atom. The molecule has 0 fully saturated rings. The van der Waals surface area contributed by atoms with Crippen molar-refractivity contribution in [2.45, 2.75) is 6.54 Å². The van der Waals surface area contributed by atoms with Crippen LogP contribution in [-0.2, 0) is 6.54 Å². The van der Waals surface area contributed by atoms with Gasteiger partial charge in [-0.05, 0) is 48.0 Å². The van der Waals surface area contributed by atoms with E-state index in [4.69, 9.17) is 0 Å². The van der Waals surface area contributed by atoms with Gasteiger partial charge in [-0.1, -0.05) is 6.07 Å². The van der Waals surface area contributed by atoms with Crippen LogP contribution in [0.25, 0.3) is 0 Å². The first kappa shape index (κ1) is 19.8. The molecule has 0 aliphatic heterocycles. The molecule has 0 saturated heterocycles. The Balaban J connectivity index is 1.59. The average molecular weight is 390 g/mol. The molecule has 3 aromatic rings. The summed E-state index contributed by atoms with van der Waals surface area (Å²) in [7, 11) is 3.72. The molecule has 0 atom stereocenters. The molecule has 3 amide bonds. The molecule has 29 heavy (non-hydrogen) atoms. The zero-order chi connectivity index (χ0) is 20.6. The normalized spacial score (nSPS) is 10.1. The highest BCUT2D eigenvalue weighted by molar-refractivity contribution is 6.05. The Morgan fingerprint density at radius 1 is 0.931 bits per heavy atom. The van der Waals surface area contributed by atoms with Crippen molar-refractivity contribution in [1.82, 2.24) is 15.3 Å². The van der Waals surface area contributed by atoms with Gasteiger partial charge in [-0.3, -0.25) is 9.78 Å². The summed E-state index contributed by atoms with van der Waals surface area (Å²) in [6.07, 6.45) is 4.94. The molecule has 2 heterocycles. The summed E-state index contributed by atoms with van der Waals surface area (Å²) in [5.74, 6) is 0.439. The Kier molecular flexibility index (Phi) is 6.36. The summed E-state index contributed by atoms with van der Waals surface area (Å²) in [6.45, 7) is 0.390. The third-order valence-electron chi connectivity index (χ3n) is 4.05. The van der Waals surface area contributed by atoms with Crippen molar-refractivity contribution < 1.29 is 9.59 Å². The van der Waals surface area contributed by atoms with Crippen LogP contribution >= 0.6 is 0 Å². The van der Waals surface area contributed by atoms with Crippen molar-refractivity contribution in [2.24, 2.45) is 0 Å². The van der Waals surface area contributed by atoms with Gasteiger partial charge in [0.15, 0.2) is 0 Å². The number of nitrogens with one attached hydrogen (secondary N) is 3. The van der Waals surface area contributed by atoms with Crippen LogP contribution in [0, 0.1) is 0 Å². The third kappa shape index (κ3) is 5.77. The number of aromatic nitrogens is 2. The summed E-state index contributed by atoms with van der Waals surface area (Å²) in [4.78, 5) is 34.6. The fourth-order valence-corrected chi connectivity index (χ4v) is 2.54. The van der Waals surface area contributed by atoms with Gasteiger partial charge in [0.2, 0.25) is 0 Å². The van der Waals surface area contributed by atoms with Crippen LogP contribution in [0.5, 0.6) is 0 Å². The van der Waals surface area contributed by atoms with Crippen molar-refractivity contribution in [3.63, 3.8) is 0 Å². The van der Waals surface area contributed by atoms with Gasteiger partial charge in [-0.25, -0.2) is 9.78 Å². The third-order valence-corrected chi connectivity index (χ3v) is 4.05. The summed E-state index contributed by atoms with van der Waals surface area (Å²) in [5.41, 5.74) is 2.59. The second-order valence-electron chi connectivity index (χ2n) is 6.50. The van der Waals surface area contributed by atoms with Crippen molar-refractivity contribution in [2.75, 3.05) is 29.6 Å². The second kappa shape index (κ2) is 9.32. The Hall–Kier alpha value is -3.94. The summed E-state index contributed by atoms with van der Waals surface area (Å²) < 4.78 is 0. The van der Waals surface area contributed by atoms with Gasteiger partial charge < -0.3 is 20.9 Å². The van der Waals surface area contributed by atoms with Crippen LogP contribution in [0.2, 0.25) is 0 Å². The van der Waals surface area contributed by atoms with Crippen LogP contribution in [0.4, 0.5) is 22.0 Å². The molecule has 148 valence electrons. The molecule has 1 aromatic carbocycles. The fourth-order valence-electron chi connectivity index (χ4n) is 2.54. The van der Waals surface area contributed by atoms with Gasteiger partial charge in [0.05, 0.1) is 0 Å². The van der Waals surface area contributed by atoms with Crippen LogP contribution in [0.3, 0.4) is 0 Å². The van der Waals surface area contributed by atoms with Crippen LogP contribution in [-0.4, -0.2) is 36.0 Å². The van der Waals surface area contributed by atoms with E-state index < -0.39 is 0 Å². The lowest BCUT2D eigenvalue weighted by Gasteiger charge is -2.13. The van der Waals surface area contributed by atoms with Crippen molar-refractivity contribution in [3.05, 3.63) is 78.2 Å². The standard InChI is InChI=1S/C21H22N6O2/c1-27(2)19-12-16(8-11-23-19)20(28)25-17-4-3-5-18(13-17)26-21(29)24-14-15-6-9-22-10-7-15/h3-13H,14H2,1-2H3,(H,25,28)(H2,24,26,29). The van der Waals surface area contributed by atoms with E-state index in [-0.39, 0.29) is 11.9 Å². The summed E-state index contributed by atoms with van der Waals surface area (Å²) in [6, 6.07) is 13.6. The lowest BCUT2D eigenvalue weighted by molar-refractivity contribution is 0.102. The molecule has 8 heteroatoms. The maximum absolute atomic E-state index is 12.5. The van der Waals surface area contributed by atoms with Gasteiger partial charge in [-0.15, -0.1) is 0 Å². The molecule has 3 N–H and O–H groups in total. The maximum atomic E-state index is 12.5. The molecular formula is C21H22N6O2. The minimum atomic E-state index is -0.338. The first-order valence-corrected chi connectivity index (χ1v) is 9.00. The molecule has 2 aromatic heterocycles. The van der Waals surface area contributed by atoms with E-state index in [1.807, 2.05) is 31.1 Å². The lowest BCUT2D eigenvalue weighted by Crippen LogP contribution is -2.28. The quantitative estimate of drug-likeness (QED) is 0.601. The highest BCUT2D eigenvalue weighted by Gasteiger charge is 2.09. The number of carbonyl (C=O) groups is 2. The molecule has 0 aliphatic carbocycles. The first-order chi connectivity index (χ1) is 14.0. The fraction of sp³-hybridized carbons (Fsp3) is 0.143. The van der Waals surface area contributed by atoms with E-state index in [2.05, 4.69) is 25.9 Å². The maximum Gasteiger partial charge on any atom is 0.319 e. The SMILES string of the molecule is CN(C)c1cc(C(=O)Nc2cccc(NC(=O)NCc3ccncc3)c2)ccn1. The van der Waals surface area contributed by atoms with Gasteiger partial charge in [-0.2, -0.15) is 0 Å². The zero-order valence-electron chi connectivity index (χ0n) is 16.2. The first-order valence-electron chi connectivity index (χ1n) is 9.00. The predicted molar refractivity (Wildman–Crippen MR) is 113 cm³/mol. The topological polar surface area (TPSA) is 99.2 Å². The van der Waals surface area contributed by atoms with Crippen LogP contribution in [0.1, 0.15) is 15.9 Å². The molecule has 0 saturated carbocycles. The highest BCUT2D eigenvalue weighted by atomic mass is 16.2.